The molecule has 7 nitrogen and oxygen atoms in total. The Morgan fingerprint density at radius 3 is 2.72 bits per heavy atom. The normalized spacial score (nSPS) is 14.7. The molecule has 2 amide bonds. The lowest BCUT2D eigenvalue weighted by Crippen LogP contribution is -2.34. The second-order valence-corrected chi connectivity index (χ2v) is 7.00. The molecule has 1 aromatic carbocycles. The van der Waals surface area contributed by atoms with Crippen LogP contribution in [0, 0.1) is 0 Å². The van der Waals surface area contributed by atoms with Crippen molar-refractivity contribution in [1.29, 1.82) is 0 Å². The summed E-state index contributed by atoms with van der Waals surface area (Å²) in [6, 6.07) is 7.37. The molecule has 1 aliphatic carbocycles. The SMILES string of the molecule is NC(=O)CNC(=O)CSc1nc2ccccc2c(=O)n1C1CCCC1. The Kier molecular flexibility index (Phi) is 5.37. The third-order valence-electron chi connectivity index (χ3n) is 4.26. The van der Waals surface area contributed by atoms with Gasteiger partial charge in [-0.3, -0.25) is 19.0 Å². The molecule has 0 spiro atoms. The summed E-state index contributed by atoms with van der Waals surface area (Å²) in [7, 11) is 0. The Morgan fingerprint density at radius 1 is 1.28 bits per heavy atom. The van der Waals surface area contributed by atoms with Gasteiger partial charge >= 0.3 is 0 Å². The fourth-order valence-corrected chi connectivity index (χ4v) is 3.97. The molecule has 1 aromatic heterocycles. The summed E-state index contributed by atoms with van der Waals surface area (Å²) in [5, 5.41) is 3.58. The van der Waals surface area contributed by atoms with Crippen LogP contribution in [0.15, 0.2) is 34.2 Å². The minimum atomic E-state index is -0.593. The van der Waals surface area contributed by atoms with Crippen LogP contribution in [0.1, 0.15) is 31.7 Å². The van der Waals surface area contributed by atoms with Crippen LogP contribution >= 0.6 is 11.8 Å². The second kappa shape index (κ2) is 7.69. The molecule has 0 aliphatic heterocycles. The molecule has 0 unspecified atom stereocenters. The van der Waals surface area contributed by atoms with E-state index in [0.717, 1.165) is 25.7 Å². The van der Waals surface area contributed by atoms with Gasteiger partial charge in [0.2, 0.25) is 11.8 Å². The molecule has 3 N–H and O–H groups in total. The summed E-state index contributed by atoms with van der Waals surface area (Å²) >= 11 is 1.21. The van der Waals surface area contributed by atoms with Crippen molar-refractivity contribution < 1.29 is 9.59 Å². The first-order valence-electron chi connectivity index (χ1n) is 8.25. The Labute approximate surface area is 149 Å². The van der Waals surface area contributed by atoms with E-state index in [0.29, 0.717) is 16.1 Å². The molecule has 25 heavy (non-hydrogen) atoms. The van der Waals surface area contributed by atoms with E-state index in [-0.39, 0.29) is 29.8 Å². The van der Waals surface area contributed by atoms with E-state index in [9.17, 15) is 14.4 Å². The molecule has 3 rings (SSSR count). The number of nitrogens with one attached hydrogen (secondary N) is 1. The predicted octanol–water partition coefficient (Wildman–Crippen LogP) is 1.21. The monoisotopic (exact) mass is 360 g/mol. The lowest BCUT2D eigenvalue weighted by molar-refractivity contribution is -0.123. The zero-order chi connectivity index (χ0) is 17.8. The lowest BCUT2D eigenvalue weighted by atomic mass is 10.2. The number of carbonyl (C=O) groups is 2. The maximum absolute atomic E-state index is 12.9. The highest BCUT2D eigenvalue weighted by Crippen LogP contribution is 2.32. The molecule has 0 radical (unpaired) electrons. The fourth-order valence-electron chi connectivity index (χ4n) is 3.08. The molecule has 1 aliphatic rings. The molecular weight excluding hydrogens is 340 g/mol. The number of benzene rings is 1. The molecule has 1 saturated carbocycles. The smallest absolute Gasteiger partial charge is 0.262 e. The minimum absolute atomic E-state index is 0.0578. The third kappa shape index (κ3) is 4.01. The first-order chi connectivity index (χ1) is 12.1. The number of fused-ring (bicyclic) bond motifs is 1. The third-order valence-corrected chi connectivity index (χ3v) is 5.21. The maximum atomic E-state index is 12.9. The lowest BCUT2D eigenvalue weighted by Gasteiger charge is -2.18. The molecule has 2 aromatic rings. The second-order valence-electron chi connectivity index (χ2n) is 6.06. The van der Waals surface area contributed by atoms with Crippen molar-refractivity contribution in [2.45, 2.75) is 36.9 Å². The van der Waals surface area contributed by atoms with Gasteiger partial charge in [-0.2, -0.15) is 0 Å². The van der Waals surface area contributed by atoms with E-state index < -0.39 is 5.91 Å². The van der Waals surface area contributed by atoms with Crippen molar-refractivity contribution in [3.8, 4) is 0 Å². The van der Waals surface area contributed by atoms with E-state index in [1.165, 1.54) is 11.8 Å². The van der Waals surface area contributed by atoms with Gasteiger partial charge in [-0.1, -0.05) is 36.7 Å². The molecule has 0 bridgehead atoms. The number of amides is 2. The van der Waals surface area contributed by atoms with Crippen LogP contribution in [-0.2, 0) is 9.59 Å². The molecule has 0 saturated heterocycles. The Hall–Kier alpha value is -2.35. The molecule has 0 atom stereocenters. The van der Waals surface area contributed by atoms with E-state index >= 15 is 0 Å². The first-order valence-corrected chi connectivity index (χ1v) is 9.24. The van der Waals surface area contributed by atoms with E-state index in [2.05, 4.69) is 10.3 Å². The van der Waals surface area contributed by atoms with Gasteiger partial charge < -0.3 is 11.1 Å². The van der Waals surface area contributed by atoms with Crippen LogP contribution in [-0.4, -0.2) is 33.7 Å². The van der Waals surface area contributed by atoms with Crippen LogP contribution in [0.25, 0.3) is 10.9 Å². The van der Waals surface area contributed by atoms with Crippen molar-refractivity contribution in [3.63, 3.8) is 0 Å². The predicted molar refractivity (Wildman–Crippen MR) is 96.4 cm³/mol. The number of thioether (sulfide) groups is 1. The quantitative estimate of drug-likeness (QED) is 0.595. The summed E-state index contributed by atoms with van der Waals surface area (Å²) in [5.41, 5.74) is 5.59. The van der Waals surface area contributed by atoms with Crippen LogP contribution in [0.4, 0.5) is 0 Å². The van der Waals surface area contributed by atoms with Gasteiger partial charge in [-0.15, -0.1) is 0 Å². The van der Waals surface area contributed by atoms with Crippen LogP contribution < -0.4 is 16.6 Å². The highest BCUT2D eigenvalue weighted by Gasteiger charge is 2.23. The molecule has 1 fully saturated rings. The summed E-state index contributed by atoms with van der Waals surface area (Å²) in [6.07, 6.45) is 4.07. The number of nitrogens with zero attached hydrogens (tertiary/aromatic N) is 2. The Bertz CT molecular complexity index is 859. The van der Waals surface area contributed by atoms with Gasteiger partial charge in [0.15, 0.2) is 5.16 Å². The average Bonchev–Trinajstić information content (AvgIpc) is 3.12. The first kappa shape index (κ1) is 17.5. The number of aromatic nitrogens is 2. The van der Waals surface area contributed by atoms with Gasteiger partial charge in [0.25, 0.3) is 5.56 Å². The average molecular weight is 360 g/mol. The zero-order valence-corrected chi connectivity index (χ0v) is 14.6. The van der Waals surface area contributed by atoms with Crippen molar-refractivity contribution >= 4 is 34.5 Å². The number of hydrogen-bond acceptors (Lipinski definition) is 5. The van der Waals surface area contributed by atoms with E-state index in [4.69, 9.17) is 5.73 Å². The Morgan fingerprint density at radius 2 is 2.00 bits per heavy atom. The molecule has 8 heteroatoms. The standard InChI is InChI=1S/C17H20N4O3S/c18-14(22)9-19-15(23)10-25-17-20-13-8-4-3-7-12(13)16(24)21(17)11-5-1-2-6-11/h3-4,7-8,11H,1-2,5-6,9-10H2,(H2,18,22)(H,19,23). The van der Waals surface area contributed by atoms with Gasteiger partial charge in [0.1, 0.15) is 0 Å². The molecule has 132 valence electrons. The van der Waals surface area contributed by atoms with Crippen LogP contribution in [0.3, 0.4) is 0 Å². The van der Waals surface area contributed by atoms with Crippen molar-refractivity contribution in [3.05, 3.63) is 34.6 Å². The van der Waals surface area contributed by atoms with E-state index in [1.54, 1.807) is 16.7 Å². The van der Waals surface area contributed by atoms with Crippen LogP contribution in [0.5, 0.6) is 0 Å². The van der Waals surface area contributed by atoms with Gasteiger partial charge in [-0.25, -0.2) is 4.98 Å². The number of primary amides is 1. The van der Waals surface area contributed by atoms with E-state index in [1.807, 2.05) is 12.1 Å². The highest BCUT2D eigenvalue weighted by molar-refractivity contribution is 7.99. The summed E-state index contributed by atoms with van der Waals surface area (Å²) in [4.78, 5) is 40.1. The summed E-state index contributed by atoms with van der Waals surface area (Å²) < 4.78 is 1.74. The number of hydrogen-bond donors (Lipinski definition) is 2. The van der Waals surface area contributed by atoms with Gasteiger partial charge in [-0.05, 0) is 25.0 Å². The number of nitrogens with two attached hydrogens (primary N) is 1. The number of para-hydroxylation sites is 1. The van der Waals surface area contributed by atoms with Crippen molar-refractivity contribution in [1.82, 2.24) is 14.9 Å². The number of carbonyl (C=O) groups excluding carboxylic acids is 2. The summed E-state index contributed by atoms with van der Waals surface area (Å²) in [6.45, 7) is -0.194. The zero-order valence-electron chi connectivity index (χ0n) is 13.7. The highest BCUT2D eigenvalue weighted by atomic mass is 32.2. The van der Waals surface area contributed by atoms with Crippen molar-refractivity contribution in [2.24, 2.45) is 5.73 Å². The topological polar surface area (TPSA) is 107 Å². The number of rotatable bonds is 6. The minimum Gasteiger partial charge on any atom is -0.368 e. The largest absolute Gasteiger partial charge is 0.368 e. The fraction of sp³-hybridized carbons (Fsp3) is 0.412. The maximum Gasteiger partial charge on any atom is 0.262 e. The van der Waals surface area contributed by atoms with Crippen molar-refractivity contribution in [2.75, 3.05) is 12.3 Å². The molecule has 1 heterocycles. The Balaban J connectivity index is 1.89. The summed E-state index contributed by atoms with van der Waals surface area (Å²) in [5.74, 6) is -0.834. The van der Waals surface area contributed by atoms with Gasteiger partial charge in [0, 0.05) is 6.04 Å². The van der Waals surface area contributed by atoms with Gasteiger partial charge in [0.05, 0.1) is 23.2 Å². The molecular formula is C17H20N4O3S. The van der Waals surface area contributed by atoms with Crippen LogP contribution in [0.2, 0.25) is 0 Å².